The van der Waals surface area contributed by atoms with E-state index in [1.54, 1.807) is 7.11 Å². The van der Waals surface area contributed by atoms with Crippen LogP contribution >= 0.6 is 0 Å². The third kappa shape index (κ3) is 3.03. The first-order chi connectivity index (χ1) is 12.7. The lowest BCUT2D eigenvalue weighted by Gasteiger charge is -2.31. The predicted molar refractivity (Wildman–Crippen MR) is 101 cm³/mol. The van der Waals surface area contributed by atoms with E-state index in [1.165, 1.54) is 6.33 Å². The number of aromatic nitrogens is 4. The first kappa shape index (κ1) is 16.6. The summed E-state index contributed by atoms with van der Waals surface area (Å²) in [5.41, 5.74) is 14.0. The fourth-order valence-electron chi connectivity index (χ4n) is 3.56. The number of anilines is 3. The highest BCUT2D eigenvalue weighted by atomic mass is 16.5. The molecule has 4 rings (SSSR count). The molecule has 0 saturated heterocycles. The van der Waals surface area contributed by atoms with E-state index in [1.807, 2.05) is 28.8 Å². The molecule has 1 aliphatic carbocycles. The Morgan fingerprint density at radius 3 is 2.54 bits per heavy atom. The molecule has 0 radical (unpaired) electrons. The first-order valence-electron chi connectivity index (χ1n) is 8.80. The Labute approximate surface area is 151 Å². The number of nitrogens with one attached hydrogen (secondary N) is 1. The summed E-state index contributed by atoms with van der Waals surface area (Å²) in [6.07, 6.45) is 5.40. The van der Waals surface area contributed by atoms with E-state index >= 15 is 0 Å². The summed E-state index contributed by atoms with van der Waals surface area (Å²) in [5.74, 6) is 2.60. The zero-order chi connectivity index (χ0) is 18.1. The Morgan fingerprint density at radius 1 is 1.12 bits per heavy atom. The molecule has 0 bridgehead atoms. The van der Waals surface area contributed by atoms with Gasteiger partial charge in [0.15, 0.2) is 11.5 Å². The molecule has 136 valence electrons. The van der Waals surface area contributed by atoms with Crippen molar-refractivity contribution in [3.8, 4) is 17.3 Å². The molecule has 0 amide bonds. The average molecular weight is 353 g/mol. The minimum atomic E-state index is 0.240. The molecule has 3 aliphatic rings. The lowest BCUT2D eigenvalue weighted by atomic mass is 9.91. The van der Waals surface area contributed by atoms with Crippen LogP contribution in [0.25, 0.3) is 11.5 Å². The summed E-state index contributed by atoms with van der Waals surface area (Å²) in [6.45, 7) is 0. The minimum absolute atomic E-state index is 0.240. The summed E-state index contributed by atoms with van der Waals surface area (Å²) in [4.78, 5) is 13.0. The second-order valence-corrected chi connectivity index (χ2v) is 6.66. The predicted octanol–water partition coefficient (Wildman–Crippen LogP) is 2.55. The number of benzene rings is 1. The summed E-state index contributed by atoms with van der Waals surface area (Å²) >= 11 is 0. The van der Waals surface area contributed by atoms with Crippen molar-refractivity contribution in [3.63, 3.8) is 0 Å². The fraction of sp³-hybridized carbons (Fsp3) is 0.389. The van der Waals surface area contributed by atoms with Crippen molar-refractivity contribution in [2.45, 2.75) is 37.8 Å². The van der Waals surface area contributed by atoms with Crippen molar-refractivity contribution >= 4 is 17.5 Å². The maximum absolute atomic E-state index is 6.30. The fourth-order valence-corrected chi connectivity index (χ4v) is 3.56. The molecule has 0 spiro atoms. The third-order valence-electron chi connectivity index (χ3n) is 4.97. The maximum atomic E-state index is 6.30. The quantitative estimate of drug-likeness (QED) is 0.660. The third-order valence-corrected chi connectivity index (χ3v) is 4.97. The molecule has 0 unspecified atom stereocenters. The van der Waals surface area contributed by atoms with Gasteiger partial charge in [-0.3, -0.25) is 4.57 Å². The highest BCUT2D eigenvalue weighted by molar-refractivity contribution is 5.74. The Bertz CT molecular complexity index is 853. The smallest absolute Gasteiger partial charge is 0.204 e. The van der Waals surface area contributed by atoms with Gasteiger partial charge < -0.3 is 21.5 Å². The molecular formula is C18H23N7O. The van der Waals surface area contributed by atoms with Gasteiger partial charge in [-0.05, 0) is 49.9 Å². The van der Waals surface area contributed by atoms with E-state index in [0.717, 1.165) is 42.9 Å². The standard InChI is InChI=1S/C18H23N7O/c1-26-14-8-4-12(5-9-14)23-17-15-16(22-10-21-15)24-18(20)25(17)13-6-2-11(19)3-7-13/h4-5,8-11,13,23H,2-3,6-7,19H2,1H3,(H2,20,21,22,24). The second-order valence-electron chi connectivity index (χ2n) is 6.66. The van der Waals surface area contributed by atoms with Gasteiger partial charge in [0.1, 0.15) is 17.9 Å². The van der Waals surface area contributed by atoms with Gasteiger partial charge in [0, 0.05) is 17.8 Å². The number of hydrogen-bond donors (Lipinski definition) is 3. The Morgan fingerprint density at radius 2 is 1.85 bits per heavy atom. The van der Waals surface area contributed by atoms with Gasteiger partial charge in [0.05, 0.1) is 7.11 Å². The summed E-state index contributed by atoms with van der Waals surface area (Å²) in [5, 5.41) is 3.46. The molecule has 1 aromatic carbocycles. The van der Waals surface area contributed by atoms with Crippen molar-refractivity contribution < 1.29 is 4.74 Å². The van der Waals surface area contributed by atoms with Crippen molar-refractivity contribution in [2.75, 3.05) is 18.2 Å². The van der Waals surface area contributed by atoms with Crippen LogP contribution in [0.15, 0.2) is 30.6 Å². The minimum Gasteiger partial charge on any atom is -0.497 e. The largest absolute Gasteiger partial charge is 0.497 e. The number of fused-ring (bicyclic) bond motifs is 1. The zero-order valence-electron chi connectivity index (χ0n) is 14.7. The molecule has 26 heavy (non-hydrogen) atoms. The van der Waals surface area contributed by atoms with Crippen LogP contribution in [0.1, 0.15) is 31.7 Å². The van der Waals surface area contributed by atoms with E-state index < -0.39 is 0 Å². The molecular weight excluding hydrogens is 330 g/mol. The number of rotatable bonds is 4. The summed E-state index contributed by atoms with van der Waals surface area (Å²) in [6, 6.07) is 8.23. The zero-order valence-corrected chi connectivity index (χ0v) is 14.7. The lowest BCUT2D eigenvalue weighted by molar-refractivity contribution is 0.326. The highest BCUT2D eigenvalue weighted by Gasteiger charge is 2.27. The van der Waals surface area contributed by atoms with Crippen LogP contribution in [0.2, 0.25) is 0 Å². The van der Waals surface area contributed by atoms with Gasteiger partial charge in [0.2, 0.25) is 5.95 Å². The van der Waals surface area contributed by atoms with Gasteiger partial charge in [-0.2, -0.15) is 4.98 Å². The molecule has 0 atom stereocenters. The molecule has 1 saturated carbocycles. The van der Waals surface area contributed by atoms with Crippen LogP contribution in [-0.2, 0) is 0 Å². The van der Waals surface area contributed by atoms with E-state index in [2.05, 4.69) is 20.3 Å². The number of nitrogen functional groups attached to an aromatic ring is 1. The molecule has 0 aromatic heterocycles. The van der Waals surface area contributed by atoms with Gasteiger partial charge >= 0.3 is 0 Å². The summed E-state index contributed by atoms with van der Waals surface area (Å²) in [7, 11) is 1.65. The van der Waals surface area contributed by atoms with Crippen LogP contribution in [0.3, 0.4) is 0 Å². The van der Waals surface area contributed by atoms with Crippen molar-refractivity contribution in [1.82, 2.24) is 19.5 Å². The van der Waals surface area contributed by atoms with Gasteiger partial charge in [-0.15, -0.1) is 0 Å². The Balaban J connectivity index is 1.75. The van der Waals surface area contributed by atoms with Gasteiger partial charge in [-0.25, -0.2) is 9.97 Å². The Kier molecular flexibility index (Phi) is 4.34. The molecule has 8 heteroatoms. The normalized spacial score (nSPS) is 20.2. The number of methoxy groups -OCH3 is 1. The van der Waals surface area contributed by atoms with Crippen molar-refractivity contribution in [1.29, 1.82) is 0 Å². The SMILES string of the molecule is COc1ccc(Nc2c3ncnc-3nc(N)n2C2CCC(N)CC2)cc1. The monoisotopic (exact) mass is 353 g/mol. The highest BCUT2D eigenvalue weighted by Crippen LogP contribution is 2.37. The van der Waals surface area contributed by atoms with Gasteiger partial charge in [-0.1, -0.05) is 0 Å². The number of nitrogens with two attached hydrogens (primary N) is 2. The molecule has 8 nitrogen and oxygen atoms in total. The average Bonchev–Trinajstić information content (AvgIpc) is 3.12. The molecule has 5 N–H and O–H groups in total. The number of imidazole rings is 1. The van der Waals surface area contributed by atoms with Crippen LogP contribution in [0, 0.1) is 0 Å². The van der Waals surface area contributed by atoms with E-state index in [-0.39, 0.29) is 12.1 Å². The first-order valence-corrected chi connectivity index (χ1v) is 8.80. The molecule has 2 aliphatic heterocycles. The van der Waals surface area contributed by atoms with Crippen molar-refractivity contribution in [2.24, 2.45) is 5.73 Å². The number of hydrogen-bond acceptors (Lipinski definition) is 7. The van der Waals surface area contributed by atoms with Gasteiger partial charge in [0.25, 0.3) is 0 Å². The summed E-state index contributed by atoms with van der Waals surface area (Å²) < 4.78 is 7.28. The topological polar surface area (TPSA) is 117 Å². The Hall–Kier alpha value is -2.87. The maximum Gasteiger partial charge on any atom is 0.204 e. The van der Waals surface area contributed by atoms with E-state index in [9.17, 15) is 0 Å². The van der Waals surface area contributed by atoms with E-state index in [0.29, 0.717) is 17.5 Å². The molecule has 1 aromatic rings. The van der Waals surface area contributed by atoms with Crippen LogP contribution in [-0.4, -0.2) is 32.7 Å². The lowest BCUT2D eigenvalue weighted by Crippen LogP contribution is -2.30. The second kappa shape index (κ2) is 6.80. The number of nitrogens with zero attached hydrogens (tertiary/aromatic N) is 4. The number of ether oxygens (including phenoxy) is 1. The van der Waals surface area contributed by atoms with Crippen LogP contribution < -0.4 is 21.5 Å². The van der Waals surface area contributed by atoms with E-state index in [4.69, 9.17) is 16.2 Å². The van der Waals surface area contributed by atoms with Crippen molar-refractivity contribution in [3.05, 3.63) is 30.6 Å². The van der Waals surface area contributed by atoms with Crippen LogP contribution in [0.5, 0.6) is 5.75 Å². The molecule has 1 fully saturated rings. The molecule has 2 heterocycles. The van der Waals surface area contributed by atoms with Crippen LogP contribution in [0.4, 0.5) is 17.5 Å².